The summed E-state index contributed by atoms with van der Waals surface area (Å²) in [5.74, 6) is -0.994. The van der Waals surface area contributed by atoms with Crippen LogP contribution in [-0.2, 0) is 14.6 Å². The predicted octanol–water partition coefficient (Wildman–Crippen LogP) is -1.45. The van der Waals surface area contributed by atoms with Crippen molar-refractivity contribution in [1.29, 1.82) is 0 Å². The lowest BCUT2D eigenvalue weighted by molar-refractivity contribution is -0.147. The number of aliphatic carboxylic acids is 1. The predicted molar refractivity (Wildman–Crippen MR) is 53.4 cm³/mol. The minimum Gasteiger partial charge on any atom is -0.479 e. The topological polar surface area (TPSA) is 94.9 Å². The summed E-state index contributed by atoms with van der Waals surface area (Å²) in [6.07, 6.45) is -1.22. The van der Waals surface area contributed by atoms with Crippen LogP contribution >= 0.6 is 0 Å². The van der Waals surface area contributed by atoms with Gasteiger partial charge in [0.1, 0.15) is 0 Å². The van der Waals surface area contributed by atoms with Gasteiger partial charge in [0.2, 0.25) is 0 Å². The number of hydrogen-bond acceptors (Lipinski definition) is 5. The van der Waals surface area contributed by atoms with Crippen molar-refractivity contribution in [3.8, 4) is 0 Å². The van der Waals surface area contributed by atoms with Gasteiger partial charge in [-0.25, -0.2) is 13.2 Å². The molecular weight excluding hydrogens is 222 g/mol. The van der Waals surface area contributed by atoms with Crippen LogP contribution in [0.3, 0.4) is 0 Å². The molecule has 0 aromatic carbocycles. The van der Waals surface area contributed by atoms with Crippen LogP contribution in [0.2, 0.25) is 0 Å². The molecule has 0 radical (unpaired) electrons. The first-order valence-corrected chi connectivity index (χ1v) is 6.56. The maximum absolute atomic E-state index is 11.1. The smallest absolute Gasteiger partial charge is 0.332 e. The molecule has 0 spiro atoms. The summed E-state index contributed by atoms with van der Waals surface area (Å²) in [4.78, 5) is 12.2. The van der Waals surface area contributed by atoms with E-state index in [9.17, 15) is 13.2 Å². The summed E-state index contributed by atoms with van der Waals surface area (Å²) in [6.45, 7) is 1.27. The standard InChI is InChI=1S/C8H15NO5S/c10-7(8(11)12)1-2-9-3-5-15(13,14)6-4-9/h7,10H,1-6H2,(H,11,12). The summed E-state index contributed by atoms with van der Waals surface area (Å²) in [5.41, 5.74) is 0. The molecule has 15 heavy (non-hydrogen) atoms. The molecule has 1 rings (SSSR count). The number of sulfone groups is 1. The van der Waals surface area contributed by atoms with Gasteiger partial charge in [0.25, 0.3) is 0 Å². The van der Waals surface area contributed by atoms with Gasteiger partial charge >= 0.3 is 5.97 Å². The highest BCUT2D eigenvalue weighted by molar-refractivity contribution is 7.91. The Morgan fingerprint density at radius 1 is 1.33 bits per heavy atom. The molecule has 88 valence electrons. The molecular formula is C8H15NO5S. The average molecular weight is 237 g/mol. The summed E-state index contributed by atoms with van der Waals surface area (Å²) < 4.78 is 22.1. The van der Waals surface area contributed by atoms with Gasteiger partial charge in [-0.1, -0.05) is 0 Å². The lowest BCUT2D eigenvalue weighted by atomic mass is 10.2. The summed E-state index contributed by atoms with van der Waals surface area (Å²) in [7, 11) is -2.89. The Morgan fingerprint density at radius 2 is 1.87 bits per heavy atom. The largest absolute Gasteiger partial charge is 0.479 e. The van der Waals surface area contributed by atoms with Crippen molar-refractivity contribution in [3.63, 3.8) is 0 Å². The van der Waals surface area contributed by atoms with Gasteiger partial charge in [-0.3, -0.25) is 0 Å². The van der Waals surface area contributed by atoms with Crippen LogP contribution in [0.1, 0.15) is 6.42 Å². The number of hydrogen-bond donors (Lipinski definition) is 2. The number of aliphatic hydroxyl groups excluding tert-OH is 1. The van der Waals surface area contributed by atoms with E-state index < -0.39 is 21.9 Å². The molecule has 1 aliphatic rings. The van der Waals surface area contributed by atoms with Crippen molar-refractivity contribution < 1.29 is 23.4 Å². The van der Waals surface area contributed by atoms with Crippen LogP contribution in [0.4, 0.5) is 0 Å². The Morgan fingerprint density at radius 3 is 2.33 bits per heavy atom. The van der Waals surface area contributed by atoms with Gasteiger partial charge in [-0.05, 0) is 6.42 Å². The highest BCUT2D eigenvalue weighted by atomic mass is 32.2. The van der Waals surface area contributed by atoms with Crippen molar-refractivity contribution in [2.24, 2.45) is 0 Å². The van der Waals surface area contributed by atoms with Crippen molar-refractivity contribution >= 4 is 15.8 Å². The Labute approximate surface area is 88.4 Å². The Bertz CT molecular complexity index is 312. The molecule has 6 nitrogen and oxygen atoms in total. The molecule has 0 aromatic rings. The molecule has 1 unspecified atom stereocenters. The monoisotopic (exact) mass is 237 g/mol. The minimum absolute atomic E-state index is 0.121. The maximum Gasteiger partial charge on any atom is 0.332 e. The molecule has 1 fully saturated rings. The van der Waals surface area contributed by atoms with Crippen LogP contribution in [0.15, 0.2) is 0 Å². The zero-order valence-corrected chi connectivity index (χ0v) is 9.11. The third-order valence-corrected chi connectivity index (χ3v) is 4.05. The second-order valence-corrected chi connectivity index (χ2v) is 5.94. The highest BCUT2D eigenvalue weighted by Gasteiger charge is 2.22. The van der Waals surface area contributed by atoms with E-state index >= 15 is 0 Å². The molecule has 2 N–H and O–H groups in total. The molecule has 0 bridgehead atoms. The van der Waals surface area contributed by atoms with Gasteiger partial charge in [0, 0.05) is 19.6 Å². The third-order valence-electron chi connectivity index (χ3n) is 2.44. The van der Waals surface area contributed by atoms with Crippen LogP contribution in [0.25, 0.3) is 0 Å². The van der Waals surface area contributed by atoms with Crippen molar-refractivity contribution in [2.45, 2.75) is 12.5 Å². The zero-order chi connectivity index (χ0) is 11.5. The Kier molecular flexibility index (Phi) is 4.06. The first-order valence-electron chi connectivity index (χ1n) is 4.74. The fraction of sp³-hybridized carbons (Fsp3) is 0.875. The van der Waals surface area contributed by atoms with E-state index in [1.165, 1.54) is 0 Å². The fourth-order valence-electron chi connectivity index (χ4n) is 1.40. The molecule has 0 aliphatic carbocycles. The minimum atomic E-state index is -2.89. The fourth-order valence-corrected chi connectivity index (χ4v) is 2.68. The van der Waals surface area contributed by atoms with Crippen LogP contribution in [0.5, 0.6) is 0 Å². The highest BCUT2D eigenvalue weighted by Crippen LogP contribution is 2.05. The maximum atomic E-state index is 11.1. The molecule has 0 amide bonds. The lowest BCUT2D eigenvalue weighted by Gasteiger charge is -2.26. The Balaban J connectivity index is 2.28. The van der Waals surface area contributed by atoms with E-state index in [-0.39, 0.29) is 17.9 Å². The average Bonchev–Trinajstić information content (AvgIpc) is 2.15. The van der Waals surface area contributed by atoms with Crippen LogP contribution < -0.4 is 0 Å². The molecule has 1 aliphatic heterocycles. The van der Waals surface area contributed by atoms with Crippen LogP contribution in [-0.4, -0.2) is 66.7 Å². The molecule has 1 heterocycles. The normalized spacial score (nSPS) is 23.5. The molecule has 7 heteroatoms. The van der Waals surface area contributed by atoms with E-state index in [1.54, 1.807) is 0 Å². The molecule has 0 saturated carbocycles. The zero-order valence-electron chi connectivity index (χ0n) is 8.29. The summed E-state index contributed by atoms with van der Waals surface area (Å²) in [6, 6.07) is 0. The van der Waals surface area contributed by atoms with Gasteiger partial charge in [-0.2, -0.15) is 0 Å². The van der Waals surface area contributed by atoms with E-state index in [0.29, 0.717) is 19.6 Å². The van der Waals surface area contributed by atoms with Crippen LogP contribution in [0, 0.1) is 0 Å². The number of carboxylic acid groups (broad SMARTS) is 1. The molecule has 1 atom stereocenters. The number of carbonyl (C=O) groups is 1. The van der Waals surface area contributed by atoms with Gasteiger partial charge in [0.05, 0.1) is 11.5 Å². The van der Waals surface area contributed by atoms with E-state index in [1.807, 2.05) is 4.90 Å². The number of nitrogens with zero attached hydrogens (tertiary/aromatic N) is 1. The second-order valence-electron chi connectivity index (χ2n) is 3.64. The van der Waals surface area contributed by atoms with Gasteiger partial charge < -0.3 is 15.1 Å². The van der Waals surface area contributed by atoms with Crippen molar-refractivity contribution in [2.75, 3.05) is 31.1 Å². The number of aliphatic hydroxyl groups is 1. The van der Waals surface area contributed by atoms with E-state index in [2.05, 4.69) is 0 Å². The van der Waals surface area contributed by atoms with Gasteiger partial charge in [-0.15, -0.1) is 0 Å². The number of carboxylic acids is 1. The molecule has 0 aromatic heterocycles. The first kappa shape index (κ1) is 12.4. The second kappa shape index (κ2) is 4.91. The Hall–Kier alpha value is -0.660. The summed E-state index contributed by atoms with van der Waals surface area (Å²) >= 11 is 0. The number of rotatable bonds is 4. The van der Waals surface area contributed by atoms with E-state index in [0.717, 1.165) is 0 Å². The van der Waals surface area contributed by atoms with Crippen molar-refractivity contribution in [3.05, 3.63) is 0 Å². The lowest BCUT2D eigenvalue weighted by Crippen LogP contribution is -2.41. The van der Waals surface area contributed by atoms with Gasteiger partial charge in [0.15, 0.2) is 15.9 Å². The van der Waals surface area contributed by atoms with Crippen molar-refractivity contribution in [1.82, 2.24) is 4.90 Å². The first-order chi connectivity index (χ1) is 6.91. The summed E-state index contributed by atoms with van der Waals surface area (Å²) in [5, 5.41) is 17.4. The molecule has 1 saturated heterocycles. The third kappa shape index (κ3) is 4.15. The van der Waals surface area contributed by atoms with E-state index in [4.69, 9.17) is 10.2 Å². The quantitative estimate of drug-likeness (QED) is 0.621. The SMILES string of the molecule is O=C(O)C(O)CCN1CCS(=O)(=O)CC1.